The number of carbonyl (C=O) groups is 1. The molecule has 1 amide bonds. The van der Waals surface area contributed by atoms with Gasteiger partial charge in [-0.05, 0) is 11.8 Å². The summed E-state index contributed by atoms with van der Waals surface area (Å²) in [6.07, 6.45) is 1.34. The minimum atomic E-state index is -0.221. The SMILES string of the molecule is C=CNC(=O)C(=C)c1ccccc1. The minimum Gasteiger partial charge on any atom is -0.329 e. The van der Waals surface area contributed by atoms with Crippen molar-refractivity contribution in [2.24, 2.45) is 0 Å². The second-order valence-electron chi connectivity index (χ2n) is 2.52. The third-order valence-corrected chi connectivity index (χ3v) is 1.63. The number of benzene rings is 1. The molecule has 2 heteroatoms. The monoisotopic (exact) mass is 173 g/mol. The van der Waals surface area contributed by atoms with Gasteiger partial charge in [0, 0.05) is 5.57 Å². The molecule has 1 rings (SSSR count). The average Bonchev–Trinajstić information content (AvgIpc) is 2.18. The fourth-order valence-electron chi connectivity index (χ4n) is 0.950. The Morgan fingerprint density at radius 1 is 1.31 bits per heavy atom. The zero-order valence-electron chi connectivity index (χ0n) is 7.29. The average molecular weight is 173 g/mol. The van der Waals surface area contributed by atoms with Crippen molar-refractivity contribution in [2.45, 2.75) is 0 Å². The molecule has 0 unspecified atom stereocenters. The van der Waals surface area contributed by atoms with Crippen LogP contribution in [-0.2, 0) is 4.79 Å². The molecule has 0 aromatic heterocycles. The molecular formula is C11H11NO. The van der Waals surface area contributed by atoms with E-state index in [2.05, 4.69) is 18.5 Å². The van der Waals surface area contributed by atoms with Crippen molar-refractivity contribution in [1.29, 1.82) is 0 Å². The van der Waals surface area contributed by atoms with Crippen molar-refractivity contribution in [1.82, 2.24) is 5.32 Å². The molecule has 0 aliphatic carbocycles. The van der Waals surface area contributed by atoms with Crippen LogP contribution in [0.4, 0.5) is 0 Å². The van der Waals surface area contributed by atoms with Crippen LogP contribution in [0.2, 0.25) is 0 Å². The smallest absolute Gasteiger partial charge is 0.255 e. The lowest BCUT2D eigenvalue weighted by molar-refractivity contribution is -0.114. The van der Waals surface area contributed by atoms with Gasteiger partial charge < -0.3 is 5.32 Å². The lowest BCUT2D eigenvalue weighted by Crippen LogP contribution is -2.17. The maximum absolute atomic E-state index is 11.3. The quantitative estimate of drug-likeness (QED) is 0.695. The predicted octanol–water partition coefficient (Wildman–Crippen LogP) is 1.96. The number of rotatable bonds is 3. The molecule has 1 N–H and O–H groups in total. The van der Waals surface area contributed by atoms with Crippen molar-refractivity contribution in [3.63, 3.8) is 0 Å². The van der Waals surface area contributed by atoms with Gasteiger partial charge in [0.1, 0.15) is 0 Å². The van der Waals surface area contributed by atoms with E-state index in [1.165, 1.54) is 6.20 Å². The molecule has 0 atom stereocenters. The first-order chi connectivity index (χ1) is 6.25. The van der Waals surface area contributed by atoms with Gasteiger partial charge in [-0.25, -0.2) is 0 Å². The van der Waals surface area contributed by atoms with Crippen molar-refractivity contribution in [3.05, 3.63) is 55.3 Å². The van der Waals surface area contributed by atoms with E-state index in [-0.39, 0.29) is 5.91 Å². The minimum absolute atomic E-state index is 0.221. The molecular weight excluding hydrogens is 162 g/mol. The normalized spacial score (nSPS) is 8.92. The lowest BCUT2D eigenvalue weighted by atomic mass is 10.1. The van der Waals surface area contributed by atoms with Crippen LogP contribution < -0.4 is 5.32 Å². The van der Waals surface area contributed by atoms with Crippen molar-refractivity contribution >= 4 is 11.5 Å². The van der Waals surface area contributed by atoms with Gasteiger partial charge in [-0.2, -0.15) is 0 Å². The first kappa shape index (κ1) is 9.26. The van der Waals surface area contributed by atoms with Crippen LogP contribution >= 0.6 is 0 Å². The Hall–Kier alpha value is -1.83. The van der Waals surface area contributed by atoms with E-state index < -0.39 is 0 Å². The summed E-state index contributed by atoms with van der Waals surface area (Å²) in [4.78, 5) is 11.3. The summed E-state index contributed by atoms with van der Waals surface area (Å²) < 4.78 is 0. The number of hydrogen-bond acceptors (Lipinski definition) is 1. The van der Waals surface area contributed by atoms with E-state index in [1.54, 1.807) is 0 Å². The van der Waals surface area contributed by atoms with Crippen LogP contribution in [0.1, 0.15) is 5.56 Å². The molecule has 0 aliphatic heterocycles. The van der Waals surface area contributed by atoms with Crippen molar-refractivity contribution < 1.29 is 4.79 Å². The van der Waals surface area contributed by atoms with E-state index in [0.29, 0.717) is 5.57 Å². The highest BCUT2D eigenvalue weighted by atomic mass is 16.1. The number of carbonyl (C=O) groups excluding carboxylic acids is 1. The third-order valence-electron chi connectivity index (χ3n) is 1.63. The summed E-state index contributed by atoms with van der Waals surface area (Å²) in [5.41, 5.74) is 1.27. The van der Waals surface area contributed by atoms with E-state index in [4.69, 9.17) is 0 Å². The topological polar surface area (TPSA) is 29.1 Å². The first-order valence-corrected chi connectivity index (χ1v) is 3.92. The highest BCUT2D eigenvalue weighted by molar-refractivity contribution is 6.18. The maximum atomic E-state index is 11.3. The second kappa shape index (κ2) is 4.26. The summed E-state index contributed by atoms with van der Waals surface area (Å²) in [5.74, 6) is -0.221. The van der Waals surface area contributed by atoms with Crippen molar-refractivity contribution in [2.75, 3.05) is 0 Å². The molecule has 0 bridgehead atoms. The predicted molar refractivity (Wildman–Crippen MR) is 53.8 cm³/mol. The lowest BCUT2D eigenvalue weighted by Gasteiger charge is -2.03. The van der Waals surface area contributed by atoms with Gasteiger partial charge in [0.15, 0.2) is 0 Å². The first-order valence-electron chi connectivity index (χ1n) is 3.92. The van der Waals surface area contributed by atoms with E-state index in [9.17, 15) is 4.79 Å². The van der Waals surface area contributed by atoms with E-state index in [1.807, 2.05) is 30.3 Å². The van der Waals surface area contributed by atoms with Gasteiger partial charge in [-0.1, -0.05) is 43.5 Å². The Morgan fingerprint density at radius 2 is 1.92 bits per heavy atom. The largest absolute Gasteiger partial charge is 0.329 e. The van der Waals surface area contributed by atoms with Crippen LogP contribution in [0.5, 0.6) is 0 Å². The van der Waals surface area contributed by atoms with Gasteiger partial charge in [0.05, 0.1) is 0 Å². The van der Waals surface area contributed by atoms with Crippen LogP contribution in [0.15, 0.2) is 49.7 Å². The Kier molecular flexibility index (Phi) is 3.03. The Balaban J connectivity index is 2.80. The van der Waals surface area contributed by atoms with Crippen LogP contribution in [0.25, 0.3) is 5.57 Å². The zero-order valence-corrected chi connectivity index (χ0v) is 7.29. The second-order valence-corrected chi connectivity index (χ2v) is 2.52. The van der Waals surface area contributed by atoms with Crippen molar-refractivity contribution in [3.8, 4) is 0 Å². The molecule has 0 fully saturated rings. The Bertz CT molecular complexity index is 327. The third kappa shape index (κ3) is 2.30. The molecule has 0 saturated carbocycles. The molecule has 0 heterocycles. The molecule has 0 spiro atoms. The Labute approximate surface area is 77.6 Å². The van der Waals surface area contributed by atoms with E-state index >= 15 is 0 Å². The van der Waals surface area contributed by atoms with Gasteiger partial charge in [-0.15, -0.1) is 0 Å². The highest BCUT2D eigenvalue weighted by Crippen LogP contribution is 2.10. The van der Waals surface area contributed by atoms with Gasteiger partial charge in [0.25, 0.3) is 5.91 Å². The van der Waals surface area contributed by atoms with Gasteiger partial charge in [0.2, 0.25) is 0 Å². The molecule has 0 radical (unpaired) electrons. The van der Waals surface area contributed by atoms with Crippen LogP contribution in [0, 0.1) is 0 Å². The van der Waals surface area contributed by atoms with Gasteiger partial charge in [-0.3, -0.25) is 4.79 Å². The molecule has 1 aromatic carbocycles. The molecule has 13 heavy (non-hydrogen) atoms. The molecule has 0 aliphatic rings. The molecule has 1 aromatic rings. The zero-order chi connectivity index (χ0) is 9.68. The molecule has 66 valence electrons. The Morgan fingerprint density at radius 3 is 2.46 bits per heavy atom. The fourth-order valence-corrected chi connectivity index (χ4v) is 0.950. The summed E-state index contributed by atoms with van der Waals surface area (Å²) >= 11 is 0. The highest BCUT2D eigenvalue weighted by Gasteiger charge is 2.05. The number of nitrogens with one attached hydrogen (secondary N) is 1. The standard InChI is InChI=1S/C11H11NO/c1-3-12-11(13)9(2)10-7-5-4-6-8-10/h3-8H,1-2H2,(H,12,13). The van der Waals surface area contributed by atoms with Crippen LogP contribution in [0.3, 0.4) is 0 Å². The maximum Gasteiger partial charge on any atom is 0.255 e. The summed E-state index contributed by atoms with van der Waals surface area (Å²) in [7, 11) is 0. The summed E-state index contributed by atoms with van der Waals surface area (Å²) in [5, 5.41) is 2.47. The number of hydrogen-bond donors (Lipinski definition) is 1. The summed E-state index contributed by atoms with van der Waals surface area (Å²) in [6, 6.07) is 9.29. The molecule has 0 saturated heterocycles. The van der Waals surface area contributed by atoms with Crippen LogP contribution in [-0.4, -0.2) is 5.91 Å². The number of amides is 1. The van der Waals surface area contributed by atoms with E-state index in [0.717, 1.165) is 5.56 Å². The fraction of sp³-hybridized carbons (Fsp3) is 0. The summed E-state index contributed by atoms with van der Waals surface area (Å²) in [6.45, 7) is 7.09. The molecule has 2 nitrogen and oxygen atoms in total. The van der Waals surface area contributed by atoms with Gasteiger partial charge >= 0.3 is 0 Å².